The van der Waals surface area contributed by atoms with Gasteiger partial charge in [0.15, 0.2) is 11.7 Å². The molecule has 20 heavy (non-hydrogen) atoms. The van der Waals surface area contributed by atoms with Crippen LogP contribution < -0.4 is 5.32 Å². The monoisotopic (exact) mass is 422 g/mol. The van der Waals surface area contributed by atoms with E-state index in [-0.39, 0.29) is 24.0 Å². The molecule has 0 spiro atoms. The highest BCUT2D eigenvalue weighted by Gasteiger charge is 2.33. The molecule has 1 aromatic heterocycles. The number of alkyl halides is 3. The van der Waals surface area contributed by atoms with E-state index in [2.05, 4.69) is 15.3 Å². The topological polar surface area (TPSA) is 40.5 Å². The van der Waals surface area contributed by atoms with E-state index in [0.29, 0.717) is 18.0 Å². The summed E-state index contributed by atoms with van der Waals surface area (Å²) in [6.45, 7) is 3.10. The Bertz CT molecular complexity index is 432. The van der Waals surface area contributed by atoms with Gasteiger partial charge in [-0.25, -0.2) is 4.98 Å². The molecular weight excluding hydrogens is 404 g/mol. The number of halogens is 4. The van der Waals surface area contributed by atoms with Gasteiger partial charge < -0.3 is 10.2 Å². The van der Waals surface area contributed by atoms with Gasteiger partial charge >= 0.3 is 6.18 Å². The third-order valence-corrected chi connectivity index (χ3v) is 3.10. The number of nitrogens with zero attached hydrogens (tertiary/aromatic N) is 3. The molecule has 0 radical (unpaired) electrons. The van der Waals surface area contributed by atoms with Crippen LogP contribution in [0.3, 0.4) is 0 Å². The van der Waals surface area contributed by atoms with Gasteiger partial charge in [-0.3, -0.25) is 4.99 Å². The summed E-state index contributed by atoms with van der Waals surface area (Å²) < 4.78 is 37.1. The molecule has 1 heterocycles. The molecule has 1 N–H and O–H groups in total. The lowest BCUT2D eigenvalue weighted by Gasteiger charge is -2.16. The molecule has 4 nitrogen and oxygen atoms in total. The molecule has 0 atom stereocenters. The zero-order valence-electron chi connectivity index (χ0n) is 11.5. The molecule has 9 heteroatoms. The zero-order valence-corrected chi connectivity index (χ0v) is 14.6. The molecule has 116 valence electrons. The average Bonchev–Trinajstić information content (AvgIpc) is 2.76. The Balaban J connectivity index is 0.00000361. The Labute approximate surface area is 137 Å². The fourth-order valence-corrected chi connectivity index (χ4v) is 2.12. The Morgan fingerprint density at radius 2 is 2.10 bits per heavy atom. The van der Waals surface area contributed by atoms with E-state index < -0.39 is 11.9 Å². The van der Waals surface area contributed by atoms with Crippen molar-refractivity contribution < 1.29 is 13.2 Å². The van der Waals surface area contributed by atoms with Crippen LogP contribution in [0.15, 0.2) is 10.4 Å². The lowest BCUT2D eigenvalue weighted by Crippen LogP contribution is -2.36. The van der Waals surface area contributed by atoms with Crippen molar-refractivity contribution in [2.75, 3.05) is 27.2 Å². The maximum absolute atomic E-state index is 12.4. The molecule has 0 fully saturated rings. The van der Waals surface area contributed by atoms with Gasteiger partial charge in [-0.2, -0.15) is 13.2 Å². The second-order valence-corrected chi connectivity index (χ2v) is 4.95. The number of aromatic nitrogens is 1. The first kappa shape index (κ1) is 19.4. The summed E-state index contributed by atoms with van der Waals surface area (Å²) in [5, 5.41) is 4.56. The van der Waals surface area contributed by atoms with Crippen LogP contribution in [-0.4, -0.2) is 43.0 Å². The van der Waals surface area contributed by atoms with Crippen molar-refractivity contribution in [2.24, 2.45) is 4.99 Å². The highest BCUT2D eigenvalue weighted by molar-refractivity contribution is 14.0. The van der Waals surface area contributed by atoms with Crippen molar-refractivity contribution in [3.8, 4) is 0 Å². The van der Waals surface area contributed by atoms with Crippen LogP contribution in [0.2, 0.25) is 0 Å². The summed E-state index contributed by atoms with van der Waals surface area (Å²) >= 11 is 1.02. The number of aliphatic imine (C=N–C) groups is 1. The third-order valence-electron chi connectivity index (χ3n) is 2.19. The predicted molar refractivity (Wildman–Crippen MR) is 85.9 cm³/mol. The van der Waals surface area contributed by atoms with Gasteiger partial charge in [-0.15, -0.1) is 35.3 Å². The molecule has 0 aliphatic carbocycles. The summed E-state index contributed by atoms with van der Waals surface area (Å²) in [4.78, 5) is 9.68. The molecule has 0 saturated carbocycles. The van der Waals surface area contributed by atoms with E-state index in [1.54, 1.807) is 0 Å². The molecular formula is C11H18F3IN4S. The second-order valence-electron chi connectivity index (χ2n) is 4.00. The highest BCUT2D eigenvalue weighted by atomic mass is 127. The van der Waals surface area contributed by atoms with Gasteiger partial charge in [0, 0.05) is 39.0 Å². The number of nitrogens with one attached hydrogen (secondary N) is 1. The van der Waals surface area contributed by atoms with Gasteiger partial charge in [-0.1, -0.05) is 0 Å². The molecule has 0 saturated heterocycles. The Morgan fingerprint density at radius 1 is 1.45 bits per heavy atom. The van der Waals surface area contributed by atoms with E-state index >= 15 is 0 Å². The third kappa shape index (κ3) is 6.25. The number of guanidine groups is 1. The lowest BCUT2D eigenvalue weighted by atomic mass is 10.4. The maximum Gasteiger partial charge on any atom is 0.434 e. The normalized spacial score (nSPS) is 12.0. The summed E-state index contributed by atoms with van der Waals surface area (Å²) in [5.74, 6) is 0.718. The average molecular weight is 422 g/mol. The Hall–Kier alpha value is -0.580. The molecule has 1 rings (SSSR count). The minimum absolute atomic E-state index is 0. The van der Waals surface area contributed by atoms with Crippen LogP contribution in [0.5, 0.6) is 0 Å². The van der Waals surface area contributed by atoms with Crippen LogP contribution in [0.1, 0.15) is 17.6 Å². The highest BCUT2D eigenvalue weighted by Crippen LogP contribution is 2.30. The minimum Gasteiger partial charge on any atom is -0.357 e. The van der Waals surface area contributed by atoms with Gasteiger partial charge in [0.2, 0.25) is 0 Å². The van der Waals surface area contributed by atoms with Gasteiger partial charge in [0.1, 0.15) is 0 Å². The second kappa shape index (κ2) is 8.65. The standard InChI is InChI=1S/C11H17F3N4S.HI/c1-4-15-10(18(2)3)16-6-5-9-17-8(7-19-9)11(12,13)14;/h7H,4-6H2,1-3H3,(H,15,16);1H. The molecule has 0 aliphatic heterocycles. The quantitative estimate of drug-likeness (QED) is 0.461. The smallest absolute Gasteiger partial charge is 0.357 e. The van der Waals surface area contributed by atoms with Crippen LogP contribution in [-0.2, 0) is 12.6 Å². The summed E-state index contributed by atoms with van der Waals surface area (Å²) in [5.41, 5.74) is -0.823. The van der Waals surface area contributed by atoms with Crippen LogP contribution in [0.25, 0.3) is 0 Å². The van der Waals surface area contributed by atoms with Crippen molar-refractivity contribution in [2.45, 2.75) is 19.5 Å². The van der Waals surface area contributed by atoms with E-state index in [4.69, 9.17) is 0 Å². The fourth-order valence-electron chi connectivity index (χ4n) is 1.33. The van der Waals surface area contributed by atoms with Crippen LogP contribution in [0.4, 0.5) is 13.2 Å². The van der Waals surface area contributed by atoms with Crippen LogP contribution in [0, 0.1) is 0 Å². The predicted octanol–water partition coefficient (Wildman–Crippen LogP) is 2.85. The van der Waals surface area contributed by atoms with Crippen molar-refractivity contribution in [3.63, 3.8) is 0 Å². The minimum atomic E-state index is -4.36. The number of hydrogen-bond donors (Lipinski definition) is 1. The molecule has 0 aromatic carbocycles. The summed E-state index contributed by atoms with van der Waals surface area (Å²) in [6, 6.07) is 0. The Kier molecular flexibility index (Phi) is 8.40. The first-order valence-electron chi connectivity index (χ1n) is 5.81. The first-order valence-corrected chi connectivity index (χ1v) is 6.69. The molecule has 1 aromatic rings. The summed E-state index contributed by atoms with van der Waals surface area (Å²) in [7, 11) is 3.71. The van der Waals surface area contributed by atoms with Gasteiger partial charge in [-0.05, 0) is 6.92 Å². The van der Waals surface area contributed by atoms with E-state index in [0.717, 1.165) is 29.2 Å². The van der Waals surface area contributed by atoms with Crippen LogP contribution >= 0.6 is 35.3 Å². The largest absolute Gasteiger partial charge is 0.434 e. The van der Waals surface area contributed by atoms with E-state index in [1.165, 1.54) is 0 Å². The molecule has 0 aliphatic rings. The molecule has 0 bridgehead atoms. The molecule has 0 amide bonds. The van der Waals surface area contributed by atoms with Crippen molar-refractivity contribution in [3.05, 3.63) is 16.1 Å². The molecule has 0 unspecified atom stereocenters. The first-order chi connectivity index (χ1) is 8.84. The number of rotatable bonds is 4. The van der Waals surface area contributed by atoms with Crippen molar-refractivity contribution in [1.82, 2.24) is 15.2 Å². The van der Waals surface area contributed by atoms with Crippen molar-refractivity contribution in [1.29, 1.82) is 0 Å². The zero-order chi connectivity index (χ0) is 14.5. The maximum atomic E-state index is 12.4. The number of thiazole rings is 1. The van der Waals surface area contributed by atoms with Gasteiger partial charge in [0.25, 0.3) is 0 Å². The number of hydrogen-bond acceptors (Lipinski definition) is 3. The Morgan fingerprint density at radius 3 is 2.55 bits per heavy atom. The summed E-state index contributed by atoms with van der Waals surface area (Å²) in [6.07, 6.45) is -3.96. The SMILES string of the molecule is CCNC(=NCCc1nc(C(F)(F)F)cs1)N(C)C.I. The van der Waals surface area contributed by atoms with E-state index in [9.17, 15) is 13.2 Å². The van der Waals surface area contributed by atoms with Crippen molar-refractivity contribution >= 4 is 41.3 Å². The lowest BCUT2D eigenvalue weighted by molar-refractivity contribution is -0.140. The van der Waals surface area contributed by atoms with Gasteiger partial charge in [0.05, 0.1) is 5.01 Å². The van der Waals surface area contributed by atoms with E-state index in [1.807, 2.05) is 25.9 Å². The fraction of sp³-hybridized carbons (Fsp3) is 0.636.